The van der Waals surface area contributed by atoms with Crippen molar-refractivity contribution in [1.29, 1.82) is 0 Å². The Morgan fingerprint density at radius 2 is 2.05 bits per heavy atom. The molecule has 0 fully saturated rings. The van der Waals surface area contributed by atoms with E-state index in [2.05, 4.69) is 22.4 Å². The van der Waals surface area contributed by atoms with E-state index in [1.54, 1.807) is 6.20 Å². The number of hydrogen-bond donors (Lipinski definition) is 3. The van der Waals surface area contributed by atoms with Gasteiger partial charge in [-0.25, -0.2) is 0 Å². The molecule has 1 heterocycles. The summed E-state index contributed by atoms with van der Waals surface area (Å²) in [5.74, 6) is 0.117. The molecule has 5 nitrogen and oxygen atoms in total. The first-order chi connectivity index (χ1) is 9.70. The Bertz CT molecular complexity index is 566. The molecule has 104 valence electrons. The number of amidine groups is 1. The highest BCUT2D eigenvalue weighted by Gasteiger charge is 2.05. The van der Waals surface area contributed by atoms with Crippen LogP contribution in [0.3, 0.4) is 0 Å². The van der Waals surface area contributed by atoms with Gasteiger partial charge in [0.1, 0.15) is 0 Å². The minimum atomic E-state index is 0.117. The van der Waals surface area contributed by atoms with Crippen molar-refractivity contribution in [1.82, 2.24) is 10.3 Å². The van der Waals surface area contributed by atoms with Crippen LogP contribution in [-0.4, -0.2) is 16.0 Å². The quantitative estimate of drug-likeness (QED) is 0.336. The normalized spacial score (nSPS) is 13.2. The molecule has 2 aromatic rings. The third-order valence-corrected chi connectivity index (χ3v) is 3.10. The van der Waals surface area contributed by atoms with Crippen LogP contribution in [0.25, 0.3) is 0 Å². The van der Waals surface area contributed by atoms with Crippen molar-refractivity contribution in [3.63, 3.8) is 0 Å². The van der Waals surface area contributed by atoms with Crippen LogP contribution in [0.4, 0.5) is 0 Å². The summed E-state index contributed by atoms with van der Waals surface area (Å²) in [7, 11) is 0. The summed E-state index contributed by atoms with van der Waals surface area (Å²) >= 11 is 0. The zero-order valence-corrected chi connectivity index (χ0v) is 11.3. The summed E-state index contributed by atoms with van der Waals surface area (Å²) in [5.41, 5.74) is 8.36. The van der Waals surface area contributed by atoms with Gasteiger partial charge >= 0.3 is 0 Å². The van der Waals surface area contributed by atoms with Gasteiger partial charge < -0.3 is 16.3 Å². The maximum Gasteiger partial charge on any atom is 0.170 e. The molecule has 0 aliphatic heterocycles. The van der Waals surface area contributed by atoms with Gasteiger partial charge in [-0.15, -0.1) is 0 Å². The zero-order chi connectivity index (χ0) is 14.4. The first-order valence-electron chi connectivity index (χ1n) is 6.42. The van der Waals surface area contributed by atoms with Gasteiger partial charge in [0.2, 0.25) is 0 Å². The summed E-state index contributed by atoms with van der Waals surface area (Å²) in [6, 6.07) is 13.6. The summed E-state index contributed by atoms with van der Waals surface area (Å²) < 4.78 is 0. The molecule has 0 unspecified atom stereocenters. The Hall–Kier alpha value is -2.40. The predicted molar refractivity (Wildman–Crippen MR) is 78.4 cm³/mol. The number of nitrogens with zero attached hydrogens (tertiary/aromatic N) is 2. The Labute approximate surface area is 118 Å². The van der Waals surface area contributed by atoms with E-state index in [9.17, 15) is 0 Å². The lowest BCUT2D eigenvalue weighted by Crippen LogP contribution is -2.19. The molecule has 0 spiro atoms. The molecule has 5 heteroatoms. The maximum atomic E-state index is 8.60. The highest BCUT2D eigenvalue weighted by atomic mass is 16.4. The first kappa shape index (κ1) is 14.0. The van der Waals surface area contributed by atoms with E-state index in [-0.39, 0.29) is 11.9 Å². The molecule has 0 aliphatic rings. The van der Waals surface area contributed by atoms with Crippen LogP contribution in [0.15, 0.2) is 53.8 Å². The fourth-order valence-electron chi connectivity index (χ4n) is 1.86. The summed E-state index contributed by atoms with van der Waals surface area (Å²) in [6.45, 7) is 2.81. The average molecular weight is 270 g/mol. The van der Waals surface area contributed by atoms with Crippen LogP contribution >= 0.6 is 0 Å². The Balaban J connectivity index is 1.94. The minimum Gasteiger partial charge on any atom is -0.409 e. The lowest BCUT2D eigenvalue weighted by atomic mass is 10.1. The SMILES string of the molecule is C[C@@H](NCc1ccc(/C(N)=N/O)cc1)c1ccccn1. The topological polar surface area (TPSA) is 83.5 Å². The molecular weight excluding hydrogens is 252 g/mol. The van der Waals surface area contributed by atoms with Crippen molar-refractivity contribution in [2.24, 2.45) is 10.9 Å². The highest BCUT2D eigenvalue weighted by Crippen LogP contribution is 2.10. The second-order valence-corrected chi connectivity index (χ2v) is 4.54. The van der Waals surface area contributed by atoms with Crippen molar-refractivity contribution in [2.75, 3.05) is 0 Å². The molecule has 1 aromatic carbocycles. The summed E-state index contributed by atoms with van der Waals surface area (Å²) in [4.78, 5) is 4.32. The van der Waals surface area contributed by atoms with Gasteiger partial charge in [-0.05, 0) is 24.6 Å². The third-order valence-electron chi connectivity index (χ3n) is 3.10. The molecule has 0 bridgehead atoms. The number of nitrogens with one attached hydrogen (secondary N) is 1. The fraction of sp³-hybridized carbons (Fsp3) is 0.200. The lowest BCUT2D eigenvalue weighted by Gasteiger charge is -2.13. The standard InChI is InChI=1S/C15H18N4O/c1-11(14-4-2-3-9-17-14)18-10-12-5-7-13(8-6-12)15(16)19-20/h2-9,11,18,20H,10H2,1H3,(H2,16,19)/t11-/m1/s1. The largest absolute Gasteiger partial charge is 0.409 e. The molecule has 1 aromatic heterocycles. The molecule has 2 rings (SSSR count). The van der Waals surface area contributed by atoms with Gasteiger partial charge in [0.25, 0.3) is 0 Å². The molecule has 1 atom stereocenters. The molecule has 0 saturated heterocycles. The molecule has 0 amide bonds. The molecule has 0 radical (unpaired) electrons. The van der Waals surface area contributed by atoms with E-state index in [0.717, 1.165) is 17.8 Å². The summed E-state index contributed by atoms with van der Waals surface area (Å²) in [5, 5.41) is 15.0. The number of aromatic nitrogens is 1. The van der Waals surface area contributed by atoms with Gasteiger partial charge in [0.05, 0.1) is 5.69 Å². The second kappa shape index (κ2) is 6.68. The molecule has 20 heavy (non-hydrogen) atoms. The Morgan fingerprint density at radius 1 is 1.30 bits per heavy atom. The van der Waals surface area contributed by atoms with Crippen molar-refractivity contribution in [3.05, 3.63) is 65.5 Å². The van der Waals surface area contributed by atoms with E-state index < -0.39 is 0 Å². The van der Waals surface area contributed by atoms with E-state index in [1.807, 2.05) is 42.5 Å². The van der Waals surface area contributed by atoms with Gasteiger partial charge in [-0.2, -0.15) is 0 Å². The number of hydrogen-bond acceptors (Lipinski definition) is 4. The maximum absolute atomic E-state index is 8.60. The molecular formula is C15H18N4O. The number of nitrogens with two attached hydrogens (primary N) is 1. The van der Waals surface area contributed by atoms with E-state index >= 15 is 0 Å². The zero-order valence-electron chi connectivity index (χ0n) is 11.3. The van der Waals surface area contributed by atoms with Gasteiger partial charge in [-0.3, -0.25) is 4.98 Å². The smallest absolute Gasteiger partial charge is 0.170 e. The lowest BCUT2D eigenvalue weighted by molar-refractivity contribution is 0.318. The van der Waals surface area contributed by atoms with Crippen LogP contribution in [0.2, 0.25) is 0 Å². The van der Waals surface area contributed by atoms with Crippen molar-refractivity contribution >= 4 is 5.84 Å². The highest BCUT2D eigenvalue weighted by molar-refractivity contribution is 5.96. The van der Waals surface area contributed by atoms with Crippen LogP contribution in [-0.2, 0) is 6.54 Å². The Morgan fingerprint density at radius 3 is 2.65 bits per heavy atom. The van der Waals surface area contributed by atoms with E-state index in [1.165, 1.54) is 0 Å². The van der Waals surface area contributed by atoms with Gasteiger partial charge in [0, 0.05) is 24.3 Å². The molecule has 4 N–H and O–H groups in total. The first-order valence-corrected chi connectivity index (χ1v) is 6.42. The van der Waals surface area contributed by atoms with Crippen LogP contribution in [0.5, 0.6) is 0 Å². The van der Waals surface area contributed by atoms with E-state index in [0.29, 0.717) is 5.56 Å². The van der Waals surface area contributed by atoms with Crippen LogP contribution in [0, 0.1) is 0 Å². The third kappa shape index (κ3) is 3.55. The minimum absolute atomic E-state index is 0.117. The van der Waals surface area contributed by atoms with Crippen molar-refractivity contribution < 1.29 is 5.21 Å². The summed E-state index contributed by atoms with van der Waals surface area (Å²) in [6.07, 6.45) is 1.79. The molecule has 0 aliphatic carbocycles. The Kier molecular flexibility index (Phi) is 4.68. The number of oxime groups is 1. The number of pyridine rings is 1. The second-order valence-electron chi connectivity index (χ2n) is 4.54. The van der Waals surface area contributed by atoms with Crippen molar-refractivity contribution in [2.45, 2.75) is 19.5 Å². The fourth-order valence-corrected chi connectivity index (χ4v) is 1.86. The van der Waals surface area contributed by atoms with Crippen molar-refractivity contribution in [3.8, 4) is 0 Å². The van der Waals surface area contributed by atoms with Crippen LogP contribution < -0.4 is 11.1 Å². The van der Waals surface area contributed by atoms with E-state index in [4.69, 9.17) is 10.9 Å². The monoisotopic (exact) mass is 270 g/mol. The number of benzene rings is 1. The number of rotatable bonds is 5. The van der Waals surface area contributed by atoms with Gasteiger partial charge in [0.15, 0.2) is 5.84 Å². The van der Waals surface area contributed by atoms with Crippen LogP contribution in [0.1, 0.15) is 29.8 Å². The average Bonchev–Trinajstić information content (AvgIpc) is 2.53. The molecule has 0 saturated carbocycles. The van der Waals surface area contributed by atoms with Gasteiger partial charge in [-0.1, -0.05) is 35.5 Å². The predicted octanol–water partition coefficient (Wildman–Crippen LogP) is 2.03.